The number of rotatable bonds is 9. The molecule has 168 valence electrons. The average molecular weight is 444 g/mol. The molecule has 3 aromatic rings. The Bertz CT molecular complexity index is 1070. The quantitative estimate of drug-likeness (QED) is 0.535. The molecule has 3 aromatic carbocycles. The van der Waals surface area contributed by atoms with Crippen molar-refractivity contribution < 1.29 is 27.4 Å². The van der Waals surface area contributed by atoms with E-state index in [0.717, 1.165) is 17.7 Å². The number of nitrogens with zero attached hydrogens (tertiary/aromatic N) is 1. The Kier molecular flexibility index (Phi) is 7.72. The minimum atomic E-state index is -0.697. The highest BCUT2D eigenvalue weighted by Gasteiger charge is 2.17. The number of hydrogen-bond acceptors (Lipinski definition) is 4. The fraction of sp³-hybridized carbons (Fsp3) is 0.208. The van der Waals surface area contributed by atoms with Crippen LogP contribution in [0, 0.1) is 17.5 Å². The summed E-state index contributed by atoms with van der Waals surface area (Å²) < 4.78 is 51.1. The van der Waals surface area contributed by atoms with Crippen LogP contribution in [0.5, 0.6) is 11.5 Å². The van der Waals surface area contributed by atoms with E-state index >= 15 is 0 Å². The zero-order valence-electron chi connectivity index (χ0n) is 17.5. The first-order chi connectivity index (χ1) is 15.4. The van der Waals surface area contributed by atoms with E-state index in [1.807, 2.05) is 0 Å². The first-order valence-corrected chi connectivity index (χ1v) is 9.90. The number of nitrogens with two attached hydrogens (primary N) is 1. The van der Waals surface area contributed by atoms with Crippen LogP contribution < -0.4 is 15.2 Å². The molecular formula is C24H23F3N2O3. The fourth-order valence-corrected chi connectivity index (χ4v) is 3.13. The zero-order chi connectivity index (χ0) is 23.1. The van der Waals surface area contributed by atoms with Crippen molar-refractivity contribution in [1.29, 1.82) is 0 Å². The van der Waals surface area contributed by atoms with Crippen LogP contribution >= 0.6 is 0 Å². The molecule has 5 nitrogen and oxygen atoms in total. The topological polar surface area (TPSA) is 64.8 Å². The van der Waals surface area contributed by atoms with Gasteiger partial charge in [0.1, 0.15) is 24.1 Å². The molecule has 0 unspecified atom stereocenters. The van der Waals surface area contributed by atoms with Crippen molar-refractivity contribution in [2.24, 2.45) is 5.73 Å². The molecular weight excluding hydrogens is 421 g/mol. The van der Waals surface area contributed by atoms with E-state index in [1.54, 1.807) is 23.1 Å². The summed E-state index contributed by atoms with van der Waals surface area (Å²) in [7, 11) is 1.46. The van der Waals surface area contributed by atoms with E-state index in [1.165, 1.54) is 37.4 Å². The maximum absolute atomic E-state index is 13.8. The van der Waals surface area contributed by atoms with Crippen LogP contribution in [0.3, 0.4) is 0 Å². The molecule has 0 heterocycles. The number of benzene rings is 3. The summed E-state index contributed by atoms with van der Waals surface area (Å²) in [6, 6.07) is 13.7. The number of carbonyl (C=O) groups is 1. The van der Waals surface area contributed by atoms with Gasteiger partial charge in [-0.2, -0.15) is 0 Å². The maximum atomic E-state index is 13.8. The largest absolute Gasteiger partial charge is 0.493 e. The highest BCUT2D eigenvalue weighted by Crippen LogP contribution is 2.30. The molecule has 2 N–H and O–H groups in total. The molecule has 0 saturated carbocycles. The van der Waals surface area contributed by atoms with Gasteiger partial charge in [0, 0.05) is 36.8 Å². The zero-order valence-corrected chi connectivity index (χ0v) is 17.5. The van der Waals surface area contributed by atoms with Crippen LogP contribution in [0.15, 0.2) is 60.7 Å². The smallest absolute Gasteiger partial charge is 0.254 e. The standard InChI is InChI=1S/C24H23F3N2O3/c1-31-23-12-16(2-9-22(23)32-15-18-5-8-20(26)13-21(18)27)14-29(11-10-28)24(30)17-3-6-19(25)7-4-17/h2-9,12-13H,10-11,14-15,28H2,1H3. The number of methoxy groups -OCH3 is 1. The van der Waals surface area contributed by atoms with Crippen molar-refractivity contribution in [3.63, 3.8) is 0 Å². The van der Waals surface area contributed by atoms with Crippen molar-refractivity contribution in [2.75, 3.05) is 20.2 Å². The Labute approximate surface area is 184 Å². The van der Waals surface area contributed by atoms with Crippen molar-refractivity contribution in [3.05, 3.63) is 94.8 Å². The Morgan fingerprint density at radius 3 is 2.31 bits per heavy atom. The van der Waals surface area contributed by atoms with Gasteiger partial charge in [-0.1, -0.05) is 6.07 Å². The lowest BCUT2D eigenvalue weighted by molar-refractivity contribution is 0.0748. The SMILES string of the molecule is COc1cc(CN(CCN)C(=O)c2ccc(F)cc2)ccc1OCc1ccc(F)cc1F. The second kappa shape index (κ2) is 10.7. The third kappa shape index (κ3) is 5.79. The molecule has 8 heteroatoms. The molecule has 0 saturated heterocycles. The van der Waals surface area contributed by atoms with E-state index in [0.29, 0.717) is 23.6 Å². The predicted molar refractivity (Wildman–Crippen MR) is 114 cm³/mol. The Morgan fingerprint density at radius 2 is 1.66 bits per heavy atom. The monoisotopic (exact) mass is 444 g/mol. The number of hydrogen-bond donors (Lipinski definition) is 1. The molecule has 0 spiro atoms. The van der Waals surface area contributed by atoms with Crippen LogP contribution in [-0.2, 0) is 13.2 Å². The summed E-state index contributed by atoms with van der Waals surface area (Å²) in [5, 5.41) is 0. The number of halogens is 3. The van der Waals surface area contributed by atoms with Crippen molar-refractivity contribution >= 4 is 5.91 Å². The third-order valence-corrected chi connectivity index (χ3v) is 4.78. The minimum absolute atomic E-state index is 0.107. The van der Waals surface area contributed by atoms with Crippen LogP contribution in [-0.4, -0.2) is 31.0 Å². The molecule has 0 atom stereocenters. The van der Waals surface area contributed by atoms with Gasteiger partial charge in [0.05, 0.1) is 7.11 Å². The number of amides is 1. The molecule has 3 rings (SSSR count). The third-order valence-electron chi connectivity index (χ3n) is 4.78. The van der Waals surface area contributed by atoms with Crippen molar-refractivity contribution in [3.8, 4) is 11.5 Å². The summed E-state index contributed by atoms with van der Waals surface area (Å²) in [6.07, 6.45) is 0. The normalized spacial score (nSPS) is 10.7. The number of ether oxygens (including phenoxy) is 2. The summed E-state index contributed by atoms with van der Waals surface area (Å²) >= 11 is 0. The molecule has 0 fully saturated rings. The van der Waals surface area contributed by atoms with Gasteiger partial charge in [-0.25, -0.2) is 13.2 Å². The molecule has 0 aromatic heterocycles. The number of carbonyl (C=O) groups excluding carboxylic acids is 1. The molecule has 0 aliphatic rings. The van der Waals surface area contributed by atoms with Gasteiger partial charge in [-0.15, -0.1) is 0 Å². The second-order valence-electron chi connectivity index (χ2n) is 7.03. The van der Waals surface area contributed by atoms with Gasteiger partial charge in [-0.05, 0) is 54.1 Å². The van der Waals surface area contributed by atoms with Crippen molar-refractivity contribution in [2.45, 2.75) is 13.2 Å². The van der Waals surface area contributed by atoms with Gasteiger partial charge < -0.3 is 20.1 Å². The lowest BCUT2D eigenvalue weighted by atomic mass is 10.1. The highest BCUT2D eigenvalue weighted by atomic mass is 19.1. The van der Waals surface area contributed by atoms with Crippen LogP contribution in [0.4, 0.5) is 13.2 Å². The van der Waals surface area contributed by atoms with Gasteiger partial charge >= 0.3 is 0 Å². The summed E-state index contributed by atoms with van der Waals surface area (Å²) in [5.41, 5.74) is 6.98. The van der Waals surface area contributed by atoms with Crippen LogP contribution in [0.25, 0.3) is 0 Å². The minimum Gasteiger partial charge on any atom is -0.493 e. The highest BCUT2D eigenvalue weighted by molar-refractivity contribution is 5.94. The van der Waals surface area contributed by atoms with E-state index in [-0.39, 0.29) is 31.2 Å². The van der Waals surface area contributed by atoms with Crippen molar-refractivity contribution in [1.82, 2.24) is 4.90 Å². The average Bonchev–Trinajstić information content (AvgIpc) is 2.78. The molecule has 1 amide bonds. The van der Waals surface area contributed by atoms with E-state index in [4.69, 9.17) is 15.2 Å². The lowest BCUT2D eigenvalue weighted by Crippen LogP contribution is -2.34. The van der Waals surface area contributed by atoms with Gasteiger partial charge in [0.25, 0.3) is 5.91 Å². The Balaban J connectivity index is 1.74. The van der Waals surface area contributed by atoms with E-state index < -0.39 is 17.5 Å². The molecule has 0 bridgehead atoms. The first kappa shape index (κ1) is 23.1. The first-order valence-electron chi connectivity index (χ1n) is 9.90. The van der Waals surface area contributed by atoms with Gasteiger partial charge in [0.2, 0.25) is 0 Å². The molecule has 32 heavy (non-hydrogen) atoms. The predicted octanol–water partition coefficient (Wildman–Crippen LogP) is 4.29. The molecule has 0 radical (unpaired) electrons. The molecule has 0 aliphatic heterocycles. The Morgan fingerprint density at radius 1 is 0.938 bits per heavy atom. The summed E-state index contributed by atoms with van der Waals surface area (Å²) in [6.45, 7) is 0.704. The molecule has 0 aliphatic carbocycles. The van der Waals surface area contributed by atoms with Gasteiger partial charge in [0.15, 0.2) is 11.5 Å². The summed E-state index contributed by atoms with van der Waals surface area (Å²) in [5.74, 6) is -1.29. The summed E-state index contributed by atoms with van der Waals surface area (Å²) in [4.78, 5) is 14.4. The van der Waals surface area contributed by atoms with Crippen LogP contribution in [0.1, 0.15) is 21.5 Å². The Hall–Kier alpha value is -3.52. The second-order valence-corrected chi connectivity index (χ2v) is 7.03. The lowest BCUT2D eigenvalue weighted by Gasteiger charge is -2.23. The maximum Gasteiger partial charge on any atom is 0.254 e. The van der Waals surface area contributed by atoms with E-state index in [9.17, 15) is 18.0 Å². The fourth-order valence-electron chi connectivity index (χ4n) is 3.13. The van der Waals surface area contributed by atoms with E-state index in [2.05, 4.69) is 0 Å². The van der Waals surface area contributed by atoms with Gasteiger partial charge in [-0.3, -0.25) is 4.79 Å². The van der Waals surface area contributed by atoms with Crippen LogP contribution in [0.2, 0.25) is 0 Å².